The number of nitrogens with one attached hydrogen (secondary N) is 1. The molecule has 1 amide bonds. The average Bonchev–Trinajstić information content (AvgIpc) is 2.74. The van der Waals surface area contributed by atoms with E-state index in [1.54, 1.807) is 6.07 Å². The number of ether oxygens (including phenoxy) is 2. The fourth-order valence-electron chi connectivity index (χ4n) is 3.48. The summed E-state index contributed by atoms with van der Waals surface area (Å²) in [5.74, 6) is 0.907. The molecule has 0 aromatic heterocycles. The number of amides is 1. The molecule has 2 aromatic carbocycles. The number of para-hydroxylation sites is 2. The molecule has 28 heavy (non-hydrogen) atoms. The van der Waals surface area contributed by atoms with Crippen LogP contribution in [0.4, 0.5) is 10.1 Å². The van der Waals surface area contributed by atoms with Gasteiger partial charge in [0, 0.05) is 45.0 Å². The maximum atomic E-state index is 13.1. The Morgan fingerprint density at radius 3 is 2.50 bits per heavy atom. The molecule has 0 spiro atoms. The standard InChI is InChI=1S/C21H24FN3O3/c22-16-5-7-17(8-6-16)25-13-11-24(12-14-25)10-9-23-21(26)20-15-27-18-3-1-2-4-19(18)28-20/h1-8,20H,9-15H2,(H,23,26). The number of fused-ring (bicyclic) bond motifs is 1. The minimum atomic E-state index is -0.620. The van der Waals surface area contributed by atoms with E-state index >= 15 is 0 Å². The number of carbonyl (C=O) groups excluding carboxylic acids is 1. The Morgan fingerprint density at radius 1 is 1.04 bits per heavy atom. The Hall–Kier alpha value is -2.80. The first-order valence-corrected chi connectivity index (χ1v) is 9.58. The van der Waals surface area contributed by atoms with Crippen LogP contribution in [0.1, 0.15) is 0 Å². The Balaban J connectivity index is 1.18. The van der Waals surface area contributed by atoms with Crippen LogP contribution in [0.5, 0.6) is 11.5 Å². The van der Waals surface area contributed by atoms with Crippen molar-refractivity contribution in [1.82, 2.24) is 10.2 Å². The molecule has 7 heteroatoms. The number of benzene rings is 2. The molecule has 2 aromatic rings. The van der Waals surface area contributed by atoms with Crippen LogP contribution in [0.3, 0.4) is 0 Å². The predicted molar refractivity (Wildman–Crippen MR) is 104 cm³/mol. The molecule has 148 valence electrons. The van der Waals surface area contributed by atoms with Gasteiger partial charge < -0.3 is 19.7 Å². The molecular formula is C21H24FN3O3. The number of carbonyl (C=O) groups is 1. The van der Waals surface area contributed by atoms with Crippen molar-refractivity contribution in [3.8, 4) is 11.5 Å². The second kappa shape index (κ2) is 8.48. The van der Waals surface area contributed by atoms with Crippen molar-refractivity contribution < 1.29 is 18.7 Å². The van der Waals surface area contributed by atoms with Crippen LogP contribution in [-0.2, 0) is 4.79 Å². The van der Waals surface area contributed by atoms with Crippen LogP contribution in [0.25, 0.3) is 0 Å². The lowest BCUT2D eigenvalue weighted by molar-refractivity contribution is -0.130. The van der Waals surface area contributed by atoms with E-state index in [9.17, 15) is 9.18 Å². The van der Waals surface area contributed by atoms with Gasteiger partial charge in [0.1, 0.15) is 12.4 Å². The zero-order valence-corrected chi connectivity index (χ0v) is 15.6. The minimum absolute atomic E-state index is 0.153. The van der Waals surface area contributed by atoms with Crippen molar-refractivity contribution in [2.24, 2.45) is 0 Å². The van der Waals surface area contributed by atoms with Gasteiger partial charge in [0.25, 0.3) is 5.91 Å². The van der Waals surface area contributed by atoms with Crippen molar-refractivity contribution >= 4 is 11.6 Å². The summed E-state index contributed by atoms with van der Waals surface area (Å²) in [7, 11) is 0. The third kappa shape index (κ3) is 4.36. The van der Waals surface area contributed by atoms with Gasteiger partial charge in [-0.2, -0.15) is 0 Å². The van der Waals surface area contributed by atoms with E-state index < -0.39 is 6.10 Å². The third-order valence-electron chi connectivity index (χ3n) is 5.09. The maximum Gasteiger partial charge on any atom is 0.264 e. The zero-order chi connectivity index (χ0) is 19.3. The lowest BCUT2D eigenvalue weighted by Gasteiger charge is -2.36. The van der Waals surface area contributed by atoms with Crippen LogP contribution >= 0.6 is 0 Å². The van der Waals surface area contributed by atoms with Crippen molar-refractivity contribution in [3.63, 3.8) is 0 Å². The summed E-state index contributed by atoms with van der Waals surface area (Å²) in [5.41, 5.74) is 1.05. The van der Waals surface area contributed by atoms with Gasteiger partial charge in [0.15, 0.2) is 11.5 Å². The van der Waals surface area contributed by atoms with E-state index in [0.717, 1.165) is 38.4 Å². The molecule has 0 saturated carbocycles. The second-order valence-electron chi connectivity index (χ2n) is 6.96. The number of hydrogen-bond acceptors (Lipinski definition) is 5. The predicted octanol–water partition coefficient (Wildman–Crippen LogP) is 1.90. The summed E-state index contributed by atoms with van der Waals surface area (Å²) in [4.78, 5) is 16.9. The van der Waals surface area contributed by atoms with Crippen molar-refractivity contribution in [2.75, 3.05) is 50.8 Å². The quantitative estimate of drug-likeness (QED) is 0.852. The van der Waals surface area contributed by atoms with Gasteiger partial charge in [-0.15, -0.1) is 0 Å². The summed E-state index contributed by atoms with van der Waals surface area (Å²) in [6.45, 7) is 5.16. The van der Waals surface area contributed by atoms with Crippen LogP contribution in [-0.4, -0.2) is 62.8 Å². The lowest BCUT2D eigenvalue weighted by Crippen LogP contribution is -2.50. The summed E-state index contributed by atoms with van der Waals surface area (Å²) in [6, 6.07) is 14.0. The molecular weight excluding hydrogens is 361 g/mol. The zero-order valence-electron chi connectivity index (χ0n) is 15.6. The highest BCUT2D eigenvalue weighted by Gasteiger charge is 2.27. The number of halogens is 1. The minimum Gasteiger partial charge on any atom is -0.485 e. The summed E-state index contributed by atoms with van der Waals surface area (Å²) < 4.78 is 24.4. The summed E-state index contributed by atoms with van der Waals surface area (Å²) in [6.07, 6.45) is -0.620. The monoisotopic (exact) mass is 385 g/mol. The van der Waals surface area contributed by atoms with E-state index in [4.69, 9.17) is 9.47 Å². The van der Waals surface area contributed by atoms with Gasteiger partial charge in [0.2, 0.25) is 6.10 Å². The Kier molecular flexibility index (Phi) is 5.62. The molecule has 1 saturated heterocycles. The Labute approximate surface area is 163 Å². The summed E-state index contributed by atoms with van der Waals surface area (Å²) >= 11 is 0. The van der Waals surface area contributed by atoms with Crippen LogP contribution in [0, 0.1) is 5.82 Å². The highest BCUT2D eigenvalue weighted by molar-refractivity contribution is 5.81. The fraction of sp³-hybridized carbons (Fsp3) is 0.381. The number of anilines is 1. The maximum absolute atomic E-state index is 13.1. The van der Waals surface area contributed by atoms with Crippen molar-refractivity contribution in [1.29, 1.82) is 0 Å². The molecule has 0 bridgehead atoms. The largest absolute Gasteiger partial charge is 0.485 e. The Morgan fingerprint density at radius 2 is 1.75 bits per heavy atom. The van der Waals surface area contributed by atoms with E-state index in [1.807, 2.05) is 30.3 Å². The molecule has 2 aliphatic heterocycles. The lowest BCUT2D eigenvalue weighted by atomic mass is 10.2. The normalized spacial score (nSPS) is 19.3. The second-order valence-corrected chi connectivity index (χ2v) is 6.96. The highest BCUT2D eigenvalue weighted by atomic mass is 19.1. The van der Waals surface area contributed by atoms with E-state index in [2.05, 4.69) is 15.1 Å². The SMILES string of the molecule is O=C(NCCN1CCN(c2ccc(F)cc2)CC1)C1COc2ccccc2O1. The number of piperazine rings is 1. The van der Waals surface area contributed by atoms with Gasteiger partial charge in [-0.3, -0.25) is 9.69 Å². The first-order chi connectivity index (χ1) is 13.7. The van der Waals surface area contributed by atoms with Gasteiger partial charge in [0.05, 0.1) is 0 Å². The van der Waals surface area contributed by atoms with E-state index in [0.29, 0.717) is 18.0 Å². The number of nitrogens with zero attached hydrogens (tertiary/aromatic N) is 2. The molecule has 1 unspecified atom stereocenters. The molecule has 0 aliphatic carbocycles. The van der Waals surface area contributed by atoms with Gasteiger partial charge in [-0.1, -0.05) is 12.1 Å². The topological polar surface area (TPSA) is 54.0 Å². The summed E-state index contributed by atoms with van der Waals surface area (Å²) in [5, 5.41) is 2.94. The Bertz CT molecular complexity index is 807. The molecule has 1 atom stereocenters. The molecule has 2 aliphatic rings. The molecule has 1 N–H and O–H groups in total. The van der Waals surface area contributed by atoms with Crippen molar-refractivity contribution in [2.45, 2.75) is 6.10 Å². The molecule has 4 rings (SSSR count). The van der Waals surface area contributed by atoms with Crippen LogP contribution in [0.2, 0.25) is 0 Å². The molecule has 2 heterocycles. The molecule has 1 fully saturated rings. The first-order valence-electron chi connectivity index (χ1n) is 9.58. The average molecular weight is 385 g/mol. The highest BCUT2D eigenvalue weighted by Crippen LogP contribution is 2.30. The van der Waals surface area contributed by atoms with Crippen LogP contribution < -0.4 is 19.7 Å². The van der Waals surface area contributed by atoms with Gasteiger partial charge >= 0.3 is 0 Å². The van der Waals surface area contributed by atoms with E-state index in [-0.39, 0.29) is 18.3 Å². The van der Waals surface area contributed by atoms with Crippen molar-refractivity contribution in [3.05, 3.63) is 54.3 Å². The smallest absolute Gasteiger partial charge is 0.264 e. The number of hydrogen-bond donors (Lipinski definition) is 1. The number of rotatable bonds is 5. The molecule has 6 nitrogen and oxygen atoms in total. The fourth-order valence-corrected chi connectivity index (χ4v) is 3.48. The van der Waals surface area contributed by atoms with Gasteiger partial charge in [-0.25, -0.2) is 4.39 Å². The third-order valence-corrected chi connectivity index (χ3v) is 5.09. The van der Waals surface area contributed by atoms with Crippen LogP contribution in [0.15, 0.2) is 48.5 Å². The van der Waals surface area contributed by atoms with E-state index in [1.165, 1.54) is 12.1 Å². The first kappa shape index (κ1) is 18.6. The van der Waals surface area contributed by atoms with Gasteiger partial charge in [-0.05, 0) is 36.4 Å². The molecule has 0 radical (unpaired) electrons.